The molecule has 1 aliphatic carbocycles. The molecule has 2 unspecified atom stereocenters. The highest BCUT2D eigenvalue weighted by Crippen LogP contribution is 2.32. The first-order chi connectivity index (χ1) is 14.2. The van der Waals surface area contributed by atoms with Crippen molar-refractivity contribution in [2.45, 2.75) is 64.4 Å². The quantitative estimate of drug-likeness (QED) is 0.437. The lowest BCUT2D eigenvalue weighted by Crippen LogP contribution is -2.40. The highest BCUT2D eigenvalue weighted by molar-refractivity contribution is 5.94. The minimum atomic E-state index is 0.0676. The molecule has 1 aliphatic heterocycles. The Morgan fingerprint density at radius 3 is 2.79 bits per heavy atom. The number of carbonyl (C=O) groups excluding carboxylic acids is 1. The fraction of sp³-hybridized carbons (Fsp3) is 0.652. The fourth-order valence-electron chi connectivity index (χ4n) is 4.54. The predicted octanol–water partition coefficient (Wildman–Crippen LogP) is 3.65. The van der Waals surface area contributed by atoms with Crippen molar-refractivity contribution in [1.82, 2.24) is 10.6 Å². The highest BCUT2D eigenvalue weighted by atomic mass is 16.5. The van der Waals surface area contributed by atoms with Gasteiger partial charge in [0.2, 0.25) is 5.91 Å². The van der Waals surface area contributed by atoms with E-state index in [9.17, 15) is 4.79 Å². The molecule has 2 aliphatic rings. The molecule has 3 rings (SSSR count). The molecule has 6 nitrogen and oxygen atoms in total. The Balaban J connectivity index is 1.56. The van der Waals surface area contributed by atoms with E-state index < -0.39 is 0 Å². The highest BCUT2D eigenvalue weighted by Gasteiger charge is 2.26. The van der Waals surface area contributed by atoms with Crippen LogP contribution >= 0.6 is 0 Å². The summed E-state index contributed by atoms with van der Waals surface area (Å²) in [6, 6.07) is 8.02. The molecule has 0 saturated heterocycles. The van der Waals surface area contributed by atoms with Crippen LogP contribution in [0.5, 0.6) is 0 Å². The molecule has 3 N–H and O–H groups in total. The molecule has 0 aromatic heterocycles. The van der Waals surface area contributed by atoms with Gasteiger partial charge in [-0.2, -0.15) is 0 Å². The summed E-state index contributed by atoms with van der Waals surface area (Å²) in [5, 5.41) is 9.75. The third-order valence-corrected chi connectivity index (χ3v) is 5.95. The average Bonchev–Trinajstić information content (AvgIpc) is 3.25. The molecule has 1 amide bonds. The van der Waals surface area contributed by atoms with Crippen LogP contribution in [0.15, 0.2) is 29.3 Å². The molecule has 1 saturated carbocycles. The van der Waals surface area contributed by atoms with Crippen molar-refractivity contribution < 1.29 is 9.53 Å². The number of fused-ring (bicyclic) bond motifs is 1. The Morgan fingerprint density at radius 1 is 1.24 bits per heavy atom. The summed E-state index contributed by atoms with van der Waals surface area (Å²) in [6.45, 7) is 7.18. The Bertz CT molecular complexity index is 685. The number of ether oxygens (including phenoxy) is 1. The number of anilines is 1. The number of nitrogens with zero attached hydrogens (tertiary/aromatic N) is 1. The Kier molecular flexibility index (Phi) is 8.35. The lowest BCUT2D eigenvalue weighted by atomic mass is 9.91. The van der Waals surface area contributed by atoms with Gasteiger partial charge in [0.1, 0.15) is 0 Å². The van der Waals surface area contributed by atoms with Gasteiger partial charge < -0.3 is 20.7 Å². The van der Waals surface area contributed by atoms with Crippen molar-refractivity contribution in [2.24, 2.45) is 10.9 Å². The minimum Gasteiger partial charge on any atom is -0.378 e. The topological polar surface area (TPSA) is 74.8 Å². The smallest absolute Gasteiger partial charge is 0.225 e. The van der Waals surface area contributed by atoms with Crippen LogP contribution in [0.25, 0.3) is 0 Å². The second-order valence-corrected chi connectivity index (χ2v) is 8.01. The number of nitrogens with one attached hydrogen (secondary N) is 3. The predicted molar refractivity (Wildman–Crippen MR) is 118 cm³/mol. The minimum absolute atomic E-state index is 0.0676. The van der Waals surface area contributed by atoms with Gasteiger partial charge in [-0.15, -0.1) is 0 Å². The summed E-state index contributed by atoms with van der Waals surface area (Å²) in [6.07, 6.45) is 7.08. The third-order valence-electron chi connectivity index (χ3n) is 5.95. The maximum Gasteiger partial charge on any atom is 0.225 e. The van der Waals surface area contributed by atoms with Gasteiger partial charge in [0.25, 0.3) is 0 Å². The molecule has 0 spiro atoms. The molecule has 1 fully saturated rings. The summed E-state index contributed by atoms with van der Waals surface area (Å²) in [5.41, 5.74) is 2.09. The van der Waals surface area contributed by atoms with E-state index in [1.165, 1.54) is 31.2 Å². The SMILES string of the molecule is CCNC(=NCC1CC(=O)Nc2ccccc21)NCCC(OCC)C1CCCC1. The van der Waals surface area contributed by atoms with Gasteiger partial charge in [-0.05, 0) is 50.7 Å². The van der Waals surface area contributed by atoms with Crippen molar-refractivity contribution in [1.29, 1.82) is 0 Å². The summed E-state index contributed by atoms with van der Waals surface area (Å²) in [7, 11) is 0. The number of hydrogen-bond donors (Lipinski definition) is 3. The number of amides is 1. The normalized spacial score (nSPS) is 20.8. The second-order valence-electron chi connectivity index (χ2n) is 8.01. The van der Waals surface area contributed by atoms with E-state index in [4.69, 9.17) is 9.73 Å². The molecule has 29 heavy (non-hydrogen) atoms. The lowest BCUT2D eigenvalue weighted by molar-refractivity contribution is -0.116. The van der Waals surface area contributed by atoms with Gasteiger partial charge in [0.05, 0.1) is 12.6 Å². The van der Waals surface area contributed by atoms with E-state index >= 15 is 0 Å². The molecular formula is C23H36N4O2. The number of carbonyl (C=O) groups is 1. The molecule has 1 aromatic carbocycles. The van der Waals surface area contributed by atoms with Crippen LogP contribution < -0.4 is 16.0 Å². The Labute approximate surface area is 174 Å². The van der Waals surface area contributed by atoms with Gasteiger partial charge in [-0.1, -0.05) is 31.0 Å². The van der Waals surface area contributed by atoms with Gasteiger partial charge >= 0.3 is 0 Å². The molecule has 6 heteroatoms. The average molecular weight is 401 g/mol. The van der Waals surface area contributed by atoms with Crippen molar-refractivity contribution in [3.05, 3.63) is 29.8 Å². The van der Waals surface area contributed by atoms with Crippen LogP contribution in [0.3, 0.4) is 0 Å². The largest absolute Gasteiger partial charge is 0.378 e. The number of benzene rings is 1. The molecule has 0 bridgehead atoms. The first-order valence-electron chi connectivity index (χ1n) is 11.2. The van der Waals surface area contributed by atoms with E-state index in [0.29, 0.717) is 25.0 Å². The van der Waals surface area contributed by atoms with E-state index in [1.54, 1.807) is 0 Å². The van der Waals surface area contributed by atoms with Crippen molar-refractivity contribution >= 4 is 17.6 Å². The van der Waals surface area contributed by atoms with Crippen LogP contribution in [-0.2, 0) is 9.53 Å². The van der Waals surface area contributed by atoms with E-state index in [1.807, 2.05) is 18.2 Å². The number of aliphatic imine (C=N–C) groups is 1. The first-order valence-corrected chi connectivity index (χ1v) is 11.2. The fourth-order valence-corrected chi connectivity index (χ4v) is 4.54. The number of para-hydroxylation sites is 1. The lowest BCUT2D eigenvalue weighted by Gasteiger charge is -2.25. The van der Waals surface area contributed by atoms with E-state index in [2.05, 4.69) is 35.9 Å². The van der Waals surface area contributed by atoms with Gasteiger partial charge in [0.15, 0.2) is 5.96 Å². The Morgan fingerprint density at radius 2 is 2.03 bits per heavy atom. The molecule has 1 heterocycles. The molecule has 160 valence electrons. The second kappa shape index (κ2) is 11.2. The van der Waals surface area contributed by atoms with Crippen molar-refractivity contribution in [3.8, 4) is 0 Å². The van der Waals surface area contributed by atoms with Gasteiger partial charge in [0, 0.05) is 37.7 Å². The molecule has 0 radical (unpaired) electrons. The zero-order valence-electron chi connectivity index (χ0n) is 17.9. The standard InChI is InChI=1S/C23H36N4O2/c1-3-24-23(25-14-13-21(29-4-2)17-9-5-6-10-17)26-16-18-15-22(28)27-20-12-8-7-11-19(18)20/h7-8,11-12,17-18,21H,3-6,9-10,13-16H2,1-2H3,(H,27,28)(H2,24,25,26). The third kappa shape index (κ3) is 6.20. The van der Waals surface area contributed by atoms with Crippen LogP contribution in [0, 0.1) is 5.92 Å². The van der Waals surface area contributed by atoms with E-state index in [0.717, 1.165) is 37.8 Å². The van der Waals surface area contributed by atoms with Crippen molar-refractivity contribution in [2.75, 3.05) is 31.6 Å². The maximum atomic E-state index is 12.0. The van der Waals surface area contributed by atoms with Crippen LogP contribution in [-0.4, -0.2) is 44.2 Å². The van der Waals surface area contributed by atoms with E-state index in [-0.39, 0.29) is 11.8 Å². The Hall–Kier alpha value is -2.08. The molecule has 2 atom stereocenters. The zero-order chi connectivity index (χ0) is 20.5. The van der Waals surface area contributed by atoms with Gasteiger partial charge in [-0.3, -0.25) is 9.79 Å². The monoisotopic (exact) mass is 400 g/mol. The summed E-state index contributed by atoms with van der Waals surface area (Å²) < 4.78 is 6.03. The number of rotatable bonds is 9. The summed E-state index contributed by atoms with van der Waals surface area (Å²) in [5.74, 6) is 1.70. The molecule has 1 aromatic rings. The van der Waals surface area contributed by atoms with Crippen LogP contribution in [0.1, 0.15) is 63.9 Å². The van der Waals surface area contributed by atoms with Crippen LogP contribution in [0.2, 0.25) is 0 Å². The van der Waals surface area contributed by atoms with Crippen molar-refractivity contribution in [3.63, 3.8) is 0 Å². The summed E-state index contributed by atoms with van der Waals surface area (Å²) >= 11 is 0. The van der Waals surface area contributed by atoms with Crippen LogP contribution in [0.4, 0.5) is 5.69 Å². The molecular weight excluding hydrogens is 364 g/mol. The zero-order valence-corrected chi connectivity index (χ0v) is 17.9. The maximum absolute atomic E-state index is 12.0. The van der Waals surface area contributed by atoms with Gasteiger partial charge in [-0.25, -0.2) is 0 Å². The first kappa shape index (κ1) is 21.6. The number of guanidine groups is 1. The summed E-state index contributed by atoms with van der Waals surface area (Å²) in [4.78, 5) is 16.8. The number of hydrogen-bond acceptors (Lipinski definition) is 3.